The van der Waals surface area contributed by atoms with Gasteiger partial charge in [-0.05, 0) is 50.5 Å². The van der Waals surface area contributed by atoms with E-state index >= 15 is 0 Å². The van der Waals surface area contributed by atoms with Crippen molar-refractivity contribution in [2.45, 2.75) is 39.0 Å². The molecule has 0 aliphatic heterocycles. The first-order valence-corrected chi connectivity index (χ1v) is 10.7. The number of aromatic nitrogens is 4. The Hall–Kier alpha value is -3.13. The summed E-state index contributed by atoms with van der Waals surface area (Å²) in [7, 11) is 0. The van der Waals surface area contributed by atoms with E-state index in [1.807, 2.05) is 19.9 Å². The van der Waals surface area contributed by atoms with Crippen LogP contribution in [0.25, 0.3) is 5.65 Å². The van der Waals surface area contributed by atoms with Crippen molar-refractivity contribution in [3.8, 4) is 0 Å². The van der Waals surface area contributed by atoms with Gasteiger partial charge in [-0.1, -0.05) is 12.1 Å². The first kappa shape index (κ1) is 18.9. The maximum absolute atomic E-state index is 13.2. The smallest absolute Gasteiger partial charge is 0.262 e. The highest BCUT2D eigenvalue weighted by Crippen LogP contribution is 2.44. The zero-order chi connectivity index (χ0) is 20.8. The molecule has 0 atom stereocenters. The third-order valence-corrected chi connectivity index (χ3v) is 6.20. The van der Waals surface area contributed by atoms with Crippen LogP contribution in [0.3, 0.4) is 0 Å². The topological polar surface area (TPSA) is 72.2 Å². The SMILES string of the molecule is Cc1cc(C)n2ncc(C(=O)Nc3nc(C4CC4)c(Cc4ccc(F)cc4)s3)c2n1. The molecule has 6 nitrogen and oxygen atoms in total. The Bertz CT molecular complexity index is 1260. The van der Waals surface area contributed by atoms with Gasteiger partial charge in [-0.3, -0.25) is 10.1 Å². The third kappa shape index (κ3) is 3.59. The molecule has 0 unspecified atom stereocenters. The summed E-state index contributed by atoms with van der Waals surface area (Å²) in [5.74, 6) is -0.0656. The molecular weight excluding hydrogens is 401 g/mol. The molecule has 8 heteroatoms. The highest BCUT2D eigenvalue weighted by Gasteiger charge is 2.30. The highest BCUT2D eigenvalue weighted by molar-refractivity contribution is 7.16. The molecule has 0 radical (unpaired) electrons. The first-order chi connectivity index (χ1) is 14.5. The molecule has 5 rings (SSSR count). The largest absolute Gasteiger partial charge is 0.298 e. The molecule has 152 valence electrons. The second-order valence-electron chi connectivity index (χ2n) is 7.69. The van der Waals surface area contributed by atoms with Gasteiger partial charge in [0.15, 0.2) is 10.8 Å². The van der Waals surface area contributed by atoms with Gasteiger partial charge < -0.3 is 0 Å². The van der Waals surface area contributed by atoms with Crippen molar-refractivity contribution in [2.75, 3.05) is 5.32 Å². The van der Waals surface area contributed by atoms with Crippen LogP contribution in [0.4, 0.5) is 9.52 Å². The van der Waals surface area contributed by atoms with Crippen molar-refractivity contribution >= 4 is 28.0 Å². The van der Waals surface area contributed by atoms with Gasteiger partial charge >= 0.3 is 0 Å². The Labute approximate surface area is 176 Å². The lowest BCUT2D eigenvalue weighted by Gasteiger charge is -2.02. The van der Waals surface area contributed by atoms with Crippen molar-refractivity contribution in [3.63, 3.8) is 0 Å². The van der Waals surface area contributed by atoms with Gasteiger partial charge in [0.25, 0.3) is 5.91 Å². The normalized spacial score (nSPS) is 13.7. The van der Waals surface area contributed by atoms with Gasteiger partial charge in [0.2, 0.25) is 0 Å². The zero-order valence-electron chi connectivity index (χ0n) is 16.6. The summed E-state index contributed by atoms with van der Waals surface area (Å²) < 4.78 is 14.9. The summed E-state index contributed by atoms with van der Waals surface area (Å²) in [5, 5.41) is 7.79. The average Bonchev–Trinajstić information content (AvgIpc) is 3.34. The lowest BCUT2D eigenvalue weighted by Crippen LogP contribution is -2.12. The second kappa shape index (κ2) is 7.28. The van der Waals surface area contributed by atoms with Gasteiger partial charge in [0.1, 0.15) is 11.4 Å². The number of halogens is 1. The van der Waals surface area contributed by atoms with Crippen LogP contribution < -0.4 is 5.32 Å². The van der Waals surface area contributed by atoms with E-state index in [9.17, 15) is 9.18 Å². The number of fused-ring (bicyclic) bond motifs is 1. The number of benzene rings is 1. The minimum absolute atomic E-state index is 0.245. The zero-order valence-corrected chi connectivity index (χ0v) is 17.5. The maximum atomic E-state index is 13.2. The van der Waals surface area contributed by atoms with E-state index in [0.717, 1.165) is 40.4 Å². The van der Waals surface area contributed by atoms with Crippen molar-refractivity contribution in [1.29, 1.82) is 0 Å². The van der Waals surface area contributed by atoms with Crippen molar-refractivity contribution in [2.24, 2.45) is 0 Å². The monoisotopic (exact) mass is 421 g/mol. The van der Waals surface area contributed by atoms with E-state index in [4.69, 9.17) is 4.98 Å². The van der Waals surface area contributed by atoms with E-state index in [0.29, 0.717) is 28.7 Å². The van der Waals surface area contributed by atoms with Crippen LogP contribution in [-0.4, -0.2) is 25.5 Å². The standard InChI is InChI=1S/C22H20FN5OS/c1-12-9-13(2)28-20(25-12)17(11-24-28)21(29)27-22-26-19(15-5-6-15)18(30-22)10-14-3-7-16(23)8-4-14/h3-4,7-9,11,15H,5-6,10H2,1-2H3,(H,26,27,29). The minimum Gasteiger partial charge on any atom is -0.298 e. The summed E-state index contributed by atoms with van der Waals surface area (Å²) in [4.78, 5) is 23.2. The molecule has 3 aromatic heterocycles. The molecule has 1 fully saturated rings. The molecule has 1 aliphatic carbocycles. The molecule has 4 aromatic rings. The van der Waals surface area contributed by atoms with E-state index in [1.54, 1.807) is 22.8 Å². The fourth-order valence-electron chi connectivity index (χ4n) is 3.60. The molecule has 0 saturated heterocycles. The fraction of sp³-hybridized carbons (Fsp3) is 0.273. The summed E-state index contributed by atoms with van der Waals surface area (Å²) in [6.07, 6.45) is 4.45. The van der Waals surface area contributed by atoms with Gasteiger partial charge in [-0.15, -0.1) is 11.3 Å². The molecule has 3 heterocycles. The van der Waals surface area contributed by atoms with Crippen molar-refractivity contribution < 1.29 is 9.18 Å². The highest BCUT2D eigenvalue weighted by atomic mass is 32.1. The Kier molecular flexibility index (Phi) is 4.58. The van der Waals surface area contributed by atoms with E-state index < -0.39 is 0 Å². The van der Waals surface area contributed by atoms with Crippen LogP contribution in [0.1, 0.15) is 56.6 Å². The number of hydrogen-bond acceptors (Lipinski definition) is 5. The number of anilines is 1. The summed E-state index contributed by atoms with van der Waals surface area (Å²) >= 11 is 1.48. The number of rotatable bonds is 5. The number of thiazole rings is 1. The number of nitrogens with one attached hydrogen (secondary N) is 1. The van der Waals surface area contributed by atoms with Gasteiger partial charge in [-0.2, -0.15) is 5.10 Å². The number of carbonyl (C=O) groups excluding carboxylic acids is 1. The van der Waals surface area contributed by atoms with E-state index in [-0.39, 0.29) is 11.7 Å². The Morgan fingerprint density at radius 2 is 2.00 bits per heavy atom. The van der Waals surface area contributed by atoms with Crippen LogP contribution in [0.2, 0.25) is 0 Å². The number of nitrogens with zero attached hydrogens (tertiary/aromatic N) is 4. The molecule has 1 aromatic carbocycles. The minimum atomic E-state index is -0.271. The number of aryl methyl sites for hydroxylation is 2. The van der Waals surface area contributed by atoms with Crippen LogP contribution in [-0.2, 0) is 6.42 Å². The predicted octanol–water partition coefficient (Wildman–Crippen LogP) is 4.66. The Morgan fingerprint density at radius 1 is 1.23 bits per heavy atom. The maximum Gasteiger partial charge on any atom is 0.262 e. The Morgan fingerprint density at radius 3 is 2.73 bits per heavy atom. The van der Waals surface area contributed by atoms with Crippen LogP contribution in [0.5, 0.6) is 0 Å². The molecule has 1 N–H and O–H groups in total. The van der Waals surface area contributed by atoms with Crippen LogP contribution >= 0.6 is 11.3 Å². The lowest BCUT2D eigenvalue weighted by molar-refractivity contribution is 0.102. The molecule has 1 saturated carbocycles. The molecular formula is C22H20FN5OS. The van der Waals surface area contributed by atoms with Gasteiger partial charge in [0.05, 0.1) is 11.9 Å². The summed E-state index contributed by atoms with van der Waals surface area (Å²) in [6.45, 7) is 3.83. The number of carbonyl (C=O) groups is 1. The van der Waals surface area contributed by atoms with Crippen LogP contribution in [0.15, 0.2) is 36.5 Å². The molecule has 1 aliphatic rings. The number of hydrogen-bond donors (Lipinski definition) is 1. The lowest BCUT2D eigenvalue weighted by atomic mass is 10.1. The predicted molar refractivity (Wildman–Crippen MR) is 114 cm³/mol. The first-order valence-electron chi connectivity index (χ1n) is 9.85. The van der Waals surface area contributed by atoms with Crippen LogP contribution in [0, 0.1) is 19.7 Å². The molecule has 30 heavy (non-hydrogen) atoms. The quantitative estimate of drug-likeness (QED) is 0.509. The van der Waals surface area contributed by atoms with Crippen molar-refractivity contribution in [3.05, 3.63) is 75.4 Å². The fourth-order valence-corrected chi connectivity index (χ4v) is 4.68. The van der Waals surface area contributed by atoms with Crippen molar-refractivity contribution in [1.82, 2.24) is 19.6 Å². The van der Waals surface area contributed by atoms with Gasteiger partial charge in [-0.25, -0.2) is 18.9 Å². The third-order valence-electron chi connectivity index (χ3n) is 5.21. The molecule has 1 amide bonds. The van der Waals surface area contributed by atoms with E-state index in [1.165, 1.54) is 23.5 Å². The summed E-state index contributed by atoms with van der Waals surface area (Å²) in [5.41, 5.74) is 4.78. The average molecular weight is 422 g/mol. The number of amides is 1. The molecule has 0 spiro atoms. The second-order valence-corrected chi connectivity index (χ2v) is 8.78. The van der Waals surface area contributed by atoms with E-state index in [2.05, 4.69) is 15.4 Å². The Balaban J connectivity index is 1.42. The molecule has 0 bridgehead atoms. The van der Waals surface area contributed by atoms with Gasteiger partial charge in [0, 0.05) is 28.6 Å². The summed E-state index contributed by atoms with van der Waals surface area (Å²) in [6, 6.07) is 8.45.